The zero-order valence-electron chi connectivity index (χ0n) is 24.3. The van der Waals surface area contributed by atoms with Crippen molar-refractivity contribution in [1.29, 1.82) is 0 Å². The molecule has 2 aromatic heterocycles. The van der Waals surface area contributed by atoms with Crippen LogP contribution in [-0.2, 0) is 16.1 Å². The van der Waals surface area contributed by atoms with Crippen LogP contribution in [0.15, 0.2) is 112 Å². The molecule has 0 aliphatic carbocycles. The Bertz CT molecular complexity index is 2100. The highest BCUT2D eigenvalue weighted by Gasteiger charge is 2.32. The molecule has 5 aromatic rings. The summed E-state index contributed by atoms with van der Waals surface area (Å²) in [5, 5.41) is 3.95. The van der Waals surface area contributed by atoms with Crippen LogP contribution in [0.4, 0.5) is 5.69 Å². The van der Waals surface area contributed by atoms with E-state index < -0.39 is 6.04 Å². The highest BCUT2D eigenvalue weighted by atomic mass is 32.1. The Labute approximate surface area is 257 Å². The Morgan fingerprint density at radius 2 is 1.64 bits per heavy atom. The molecule has 1 fully saturated rings. The third-order valence-corrected chi connectivity index (χ3v) is 9.27. The maximum absolute atomic E-state index is 14.2. The van der Waals surface area contributed by atoms with E-state index in [0.717, 1.165) is 48.0 Å². The average Bonchev–Trinajstić information content (AvgIpc) is 3.77. The van der Waals surface area contributed by atoms with Crippen LogP contribution in [-0.4, -0.2) is 38.9 Å². The second-order valence-electron chi connectivity index (χ2n) is 11.1. The molecule has 2 aliphatic heterocycles. The fourth-order valence-electron chi connectivity index (χ4n) is 6.16. The molecule has 0 radical (unpaired) electrons. The molecule has 1 saturated heterocycles. The van der Waals surface area contributed by atoms with Crippen molar-refractivity contribution in [2.45, 2.75) is 32.4 Å². The monoisotopic (exact) mass is 601 g/mol. The lowest BCUT2D eigenvalue weighted by Gasteiger charge is -2.25. The molecule has 1 atom stereocenters. The number of carbonyl (C=O) groups is 2. The van der Waals surface area contributed by atoms with Gasteiger partial charge < -0.3 is 14.8 Å². The van der Waals surface area contributed by atoms with Crippen molar-refractivity contribution in [2.24, 2.45) is 4.99 Å². The maximum Gasteiger partial charge on any atom is 0.271 e. The van der Waals surface area contributed by atoms with Crippen LogP contribution in [0.2, 0.25) is 0 Å². The number of carbonyl (C=O) groups excluding carboxylic acids is 2. The Morgan fingerprint density at radius 3 is 2.39 bits per heavy atom. The average molecular weight is 602 g/mol. The predicted octanol–water partition coefficient (Wildman–Crippen LogP) is 4.45. The van der Waals surface area contributed by atoms with E-state index in [4.69, 9.17) is 4.99 Å². The molecule has 44 heavy (non-hydrogen) atoms. The fraction of sp³-hybridized carbons (Fsp3) is 0.200. The summed E-state index contributed by atoms with van der Waals surface area (Å²) in [5.74, 6) is -0.194. The SMILES string of the molecule is CC1=C(C(=O)Nc2ccccc2)[C@@H](c2ccccc2)n2c(s/c(=C/c3cn(CC(=O)N4CCCC4)c4ccccc34)c2=O)=N1. The van der Waals surface area contributed by atoms with Crippen molar-refractivity contribution >= 4 is 45.8 Å². The molecule has 0 saturated carbocycles. The molecule has 0 spiro atoms. The van der Waals surface area contributed by atoms with Gasteiger partial charge in [0.05, 0.1) is 21.8 Å². The first kappa shape index (κ1) is 27.8. The topological polar surface area (TPSA) is 88.7 Å². The van der Waals surface area contributed by atoms with Crippen LogP contribution < -0.4 is 20.2 Å². The van der Waals surface area contributed by atoms with E-state index in [-0.39, 0.29) is 23.9 Å². The van der Waals surface area contributed by atoms with Gasteiger partial charge in [-0.15, -0.1) is 0 Å². The van der Waals surface area contributed by atoms with E-state index >= 15 is 0 Å². The summed E-state index contributed by atoms with van der Waals surface area (Å²) in [7, 11) is 0. The number of rotatable bonds is 6. The number of para-hydroxylation sites is 2. The minimum absolute atomic E-state index is 0.105. The van der Waals surface area contributed by atoms with Gasteiger partial charge in [0, 0.05) is 41.4 Å². The molecule has 0 bridgehead atoms. The van der Waals surface area contributed by atoms with Crippen molar-refractivity contribution < 1.29 is 9.59 Å². The Hall–Kier alpha value is -5.02. The molecule has 2 amide bonds. The van der Waals surface area contributed by atoms with E-state index in [1.807, 2.05) is 114 Å². The fourth-order valence-corrected chi connectivity index (χ4v) is 7.19. The first-order valence-electron chi connectivity index (χ1n) is 14.8. The molecule has 3 aromatic carbocycles. The molecule has 0 unspecified atom stereocenters. The van der Waals surface area contributed by atoms with Crippen molar-refractivity contribution in [3.63, 3.8) is 0 Å². The first-order valence-corrected chi connectivity index (χ1v) is 15.6. The van der Waals surface area contributed by atoms with Gasteiger partial charge in [0.1, 0.15) is 6.54 Å². The second kappa shape index (κ2) is 11.6. The van der Waals surface area contributed by atoms with Gasteiger partial charge in [0.15, 0.2) is 4.80 Å². The van der Waals surface area contributed by atoms with Crippen LogP contribution in [0.25, 0.3) is 17.0 Å². The number of thiazole rings is 1. The van der Waals surface area contributed by atoms with Crippen LogP contribution in [0.3, 0.4) is 0 Å². The van der Waals surface area contributed by atoms with Gasteiger partial charge in [-0.1, -0.05) is 78.1 Å². The highest BCUT2D eigenvalue weighted by molar-refractivity contribution is 7.07. The van der Waals surface area contributed by atoms with E-state index in [9.17, 15) is 14.4 Å². The van der Waals surface area contributed by atoms with E-state index in [1.165, 1.54) is 11.3 Å². The van der Waals surface area contributed by atoms with Crippen LogP contribution >= 0.6 is 11.3 Å². The summed E-state index contributed by atoms with van der Waals surface area (Å²) >= 11 is 1.31. The number of nitrogens with zero attached hydrogens (tertiary/aromatic N) is 4. The number of amides is 2. The van der Waals surface area contributed by atoms with Gasteiger partial charge in [-0.05, 0) is 49.6 Å². The third-order valence-electron chi connectivity index (χ3n) is 8.28. The number of fused-ring (bicyclic) bond motifs is 2. The molecule has 2 aliphatic rings. The van der Waals surface area contributed by atoms with Crippen LogP contribution in [0.5, 0.6) is 0 Å². The smallest absolute Gasteiger partial charge is 0.271 e. The minimum atomic E-state index is -0.641. The molecular weight excluding hydrogens is 570 g/mol. The zero-order chi connectivity index (χ0) is 30.2. The molecule has 9 heteroatoms. The molecule has 4 heterocycles. The molecule has 220 valence electrons. The lowest BCUT2D eigenvalue weighted by atomic mass is 9.95. The van der Waals surface area contributed by atoms with Crippen LogP contribution in [0.1, 0.15) is 36.9 Å². The van der Waals surface area contributed by atoms with Crippen molar-refractivity contribution in [3.05, 3.63) is 133 Å². The number of anilines is 1. The number of nitrogens with one attached hydrogen (secondary N) is 1. The third kappa shape index (κ3) is 5.09. The Balaban J connectivity index is 1.32. The van der Waals surface area contributed by atoms with Crippen molar-refractivity contribution in [3.8, 4) is 0 Å². The standard InChI is InChI=1S/C35H31N5O3S/c1-23-31(33(42)37-26-14-6-3-7-15-26)32(24-12-4-2-5-13-24)40-34(43)29(44-35(40)36-23)20-25-21-39(28-17-9-8-16-27(25)28)22-30(41)38-18-10-11-19-38/h2-9,12-17,20-21,32H,10-11,18-19,22H2,1H3,(H,37,42)/b29-20+/t32-/m1/s1. The summed E-state index contributed by atoms with van der Waals surface area (Å²) in [4.78, 5) is 48.2. The summed E-state index contributed by atoms with van der Waals surface area (Å²) in [6, 6.07) is 26.2. The van der Waals surface area contributed by atoms with Crippen LogP contribution in [0, 0.1) is 0 Å². The number of likely N-dealkylation sites (tertiary alicyclic amines) is 1. The maximum atomic E-state index is 14.2. The summed E-state index contributed by atoms with van der Waals surface area (Å²) < 4.78 is 4.12. The minimum Gasteiger partial charge on any atom is -0.341 e. The molecule has 1 N–H and O–H groups in total. The van der Waals surface area contributed by atoms with E-state index in [1.54, 1.807) is 4.57 Å². The Kier molecular flexibility index (Phi) is 7.31. The number of allylic oxidation sites excluding steroid dienone is 1. The summed E-state index contributed by atoms with van der Waals surface area (Å²) in [6.07, 6.45) is 5.93. The van der Waals surface area contributed by atoms with Gasteiger partial charge in [-0.25, -0.2) is 4.99 Å². The Morgan fingerprint density at radius 1 is 0.955 bits per heavy atom. The first-order chi connectivity index (χ1) is 21.5. The molecule has 8 nitrogen and oxygen atoms in total. The number of hydrogen-bond donors (Lipinski definition) is 1. The zero-order valence-corrected chi connectivity index (χ0v) is 25.1. The quantitative estimate of drug-likeness (QED) is 0.312. The number of benzene rings is 3. The van der Waals surface area contributed by atoms with E-state index in [2.05, 4.69) is 5.32 Å². The predicted molar refractivity (Wildman–Crippen MR) is 173 cm³/mol. The van der Waals surface area contributed by atoms with E-state index in [0.29, 0.717) is 26.3 Å². The normalized spacial score (nSPS) is 16.7. The van der Waals surface area contributed by atoms with Crippen molar-refractivity contribution in [1.82, 2.24) is 14.0 Å². The van der Waals surface area contributed by atoms with Gasteiger partial charge >= 0.3 is 0 Å². The largest absolute Gasteiger partial charge is 0.341 e. The van der Waals surface area contributed by atoms with Gasteiger partial charge in [0.25, 0.3) is 11.5 Å². The molecule has 7 rings (SSSR count). The highest BCUT2D eigenvalue weighted by Crippen LogP contribution is 2.31. The lowest BCUT2D eigenvalue weighted by molar-refractivity contribution is -0.130. The van der Waals surface area contributed by atoms with Gasteiger partial charge in [0.2, 0.25) is 5.91 Å². The lowest BCUT2D eigenvalue weighted by Crippen LogP contribution is -2.40. The van der Waals surface area contributed by atoms with Gasteiger partial charge in [-0.3, -0.25) is 19.0 Å². The molecular formula is C35H31N5O3S. The van der Waals surface area contributed by atoms with Gasteiger partial charge in [-0.2, -0.15) is 0 Å². The van der Waals surface area contributed by atoms with Crippen molar-refractivity contribution in [2.75, 3.05) is 18.4 Å². The second-order valence-corrected chi connectivity index (χ2v) is 12.1. The number of aromatic nitrogens is 2. The summed E-state index contributed by atoms with van der Waals surface area (Å²) in [5.41, 5.74) is 4.07. The number of hydrogen-bond acceptors (Lipinski definition) is 5. The summed E-state index contributed by atoms with van der Waals surface area (Å²) in [6.45, 7) is 3.68.